The third-order valence-electron chi connectivity index (χ3n) is 3.92. The van der Waals surface area contributed by atoms with E-state index in [0.717, 1.165) is 23.1 Å². The van der Waals surface area contributed by atoms with E-state index in [1.807, 2.05) is 31.2 Å². The number of carbonyl (C=O) groups excluding carboxylic acids is 1. The highest BCUT2D eigenvalue weighted by Gasteiger charge is 2.20. The normalized spacial score (nSPS) is 12.1. The van der Waals surface area contributed by atoms with Gasteiger partial charge < -0.3 is 20.1 Å². The molecule has 0 fully saturated rings. The number of aromatic nitrogens is 2. The molecule has 1 unspecified atom stereocenters. The zero-order valence-corrected chi connectivity index (χ0v) is 17.0. The van der Waals surface area contributed by atoms with Crippen molar-refractivity contribution in [1.82, 2.24) is 15.3 Å². The highest BCUT2D eigenvalue weighted by Crippen LogP contribution is 2.28. The van der Waals surface area contributed by atoms with E-state index < -0.39 is 0 Å². The molecule has 1 amide bonds. The number of thioether (sulfide) groups is 1. The number of hydrogen-bond acceptors (Lipinski definition) is 7. The lowest BCUT2D eigenvalue weighted by atomic mass is 10.2. The molecular weight excluding hydrogens is 364 g/mol. The van der Waals surface area contributed by atoms with E-state index in [1.54, 1.807) is 14.2 Å². The molecule has 0 spiro atoms. The standard InChI is InChI=1S/C19H28N4O3S/c1-4-16(18(24)21-10-7-12-25-2)27-19-22-15-9-6-5-8-14(15)17(23-19)20-11-13-26-3/h5-6,8-9,16H,4,7,10-13H2,1-3H3,(H,21,24)(H,20,22,23). The molecule has 2 rings (SSSR count). The second kappa shape index (κ2) is 11.7. The van der Waals surface area contributed by atoms with Gasteiger partial charge in [0.05, 0.1) is 17.4 Å². The first-order valence-electron chi connectivity index (χ1n) is 9.12. The predicted molar refractivity (Wildman–Crippen MR) is 109 cm³/mol. The van der Waals surface area contributed by atoms with Gasteiger partial charge >= 0.3 is 0 Å². The number of amides is 1. The number of rotatable bonds is 12. The quantitative estimate of drug-likeness (QED) is 0.326. The van der Waals surface area contributed by atoms with Crippen molar-refractivity contribution in [1.29, 1.82) is 0 Å². The summed E-state index contributed by atoms with van der Waals surface area (Å²) in [4.78, 5) is 21.7. The molecule has 2 aromatic rings. The fraction of sp³-hybridized carbons (Fsp3) is 0.526. The second-order valence-electron chi connectivity index (χ2n) is 5.94. The van der Waals surface area contributed by atoms with Gasteiger partial charge in [0.1, 0.15) is 5.82 Å². The Hall–Kier alpha value is -1.90. The summed E-state index contributed by atoms with van der Waals surface area (Å²) in [5.74, 6) is 0.764. The molecule has 0 aliphatic rings. The van der Waals surface area contributed by atoms with Crippen molar-refractivity contribution in [2.75, 3.05) is 45.8 Å². The Morgan fingerprint density at radius 2 is 1.93 bits per heavy atom. The number of para-hydroxylation sites is 1. The number of methoxy groups -OCH3 is 2. The van der Waals surface area contributed by atoms with Crippen molar-refractivity contribution >= 4 is 34.4 Å². The van der Waals surface area contributed by atoms with Gasteiger partial charge in [0.15, 0.2) is 5.16 Å². The van der Waals surface area contributed by atoms with Crippen LogP contribution in [0.4, 0.5) is 5.82 Å². The third kappa shape index (κ3) is 6.64. The summed E-state index contributed by atoms with van der Waals surface area (Å²) < 4.78 is 10.1. The van der Waals surface area contributed by atoms with Gasteiger partial charge in [0.2, 0.25) is 5.91 Å². The Bertz CT molecular complexity index is 729. The van der Waals surface area contributed by atoms with E-state index in [1.165, 1.54) is 11.8 Å². The average Bonchev–Trinajstić information content (AvgIpc) is 2.69. The summed E-state index contributed by atoms with van der Waals surface area (Å²) in [6.45, 7) is 4.47. The molecule has 0 saturated carbocycles. The minimum atomic E-state index is -0.236. The molecule has 2 N–H and O–H groups in total. The molecular formula is C19H28N4O3S. The van der Waals surface area contributed by atoms with Gasteiger partial charge in [-0.25, -0.2) is 9.97 Å². The Labute approximate surface area is 164 Å². The number of anilines is 1. The van der Waals surface area contributed by atoms with Crippen LogP contribution in [-0.2, 0) is 14.3 Å². The number of benzene rings is 1. The maximum Gasteiger partial charge on any atom is 0.233 e. The van der Waals surface area contributed by atoms with Crippen LogP contribution < -0.4 is 10.6 Å². The van der Waals surface area contributed by atoms with Crippen molar-refractivity contribution < 1.29 is 14.3 Å². The first-order valence-corrected chi connectivity index (χ1v) is 10.0. The third-order valence-corrected chi connectivity index (χ3v) is 5.14. The Kier molecular flexibility index (Phi) is 9.30. The van der Waals surface area contributed by atoms with Crippen LogP contribution in [0.2, 0.25) is 0 Å². The molecule has 7 nitrogen and oxygen atoms in total. The van der Waals surface area contributed by atoms with Crippen LogP contribution >= 0.6 is 11.8 Å². The van der Waals surface area contributed by atoms with Crippen LogP contribution in [0, 0.1) is 0 Å². The fourth-order valence-corrected chi connectivity index (χ4v) is 3.41. The van der Waals surface area contributed by atoms with E-state index in [0.29, 0.717) is 37.9 Å². The van der Waals surface area contributed by atoms with Crippen molar-refractivity contribution in [2.45, 2.75) is 30.2 Å². The highest BCUT2D eigenvalue weighted by atomic mass is 32.2. The van der Waals surface area contributed by atoms with E-state index in [9.17, 15) is 4.79 Å². The van der Waals surface area contributed by atoms with Crippen LogP contribution in [0.1, 0.15) is 19.8 Å². The predicted octanol–water partition coefficient (Wildman–Crippen LogP) is 2.71. The summed E-state index contributed by atoms with van der Waals surface area (Å²) in [6.07, 6.45) is 1.49. The number of carbonyl (C=O) groups is 1. The summed E-state index contributed by atoms with van der Waals surface area (Å²) in [5, 5.41) is 7.56. The molecule has 0 radical (unpaired) electrons. The molecule has 0 aliphatic carbocycles. The summed E-state index contributed by atoms with van der Waals surface area (Å²) in [7, 11) is 3.32. The smallest absolute Gasteiger partial charge is 0.233 e. The number of hydrogen-bond donors (Lipinski definition) is 2. The molecule has 0 aliphatic heterocycles. The molecule has 148 valence electrons. The van der Waals surface area contributed by atoms with Crippen molar-refractivity contribution in [3.8, 4) is 0 Å². The lowest BCUT2D eigenvalue weighted by Gasteiger charge is -2.15. The Morgan fingerprint density at radius 3 is 2.67 bits per heavy atom. The van der Waals surface area contributed by atoms with Crippen LogP contribution in [-0.4, -0.2) is 61.6 Å². The zero-order valence-electron chi connectivity index (χ0n) is 16.2. The van der Waals surface area contributed by atoms with Gasteiger partial charge in [-0.05, 0) is 25.0 Å². The van der Waals surface area contributed by atoms with Gasteiger partial charge in [-0.1, -0.05) is 30.8 Å². The lowest BCUT2D eigenvalue weighted by Crippen LogP contribution is -2.33. The highest BCUT2D eigenvalue weighted by molar-refractivity contribution is 8.00. The summed E-state index contributed by atoms with van der Waals surface area (Å²) in [5.41, 5.74) is 0.852. The minimum absolute atomic E-state index is 0.00394. The zero-order chi connectivity index (χ0) is 19.5. The maximum absolute atomic E-state index is 12.4. The van der Waals surface area contributed by atoms with E-state index in [2.05, 4.69) is 20.6 Å². The monoisotopic (exact) mass is 392 g/mol. The summed E-state index contributed by atoms with van der Waals surface area (Å²) in [6, 6.07) is 7.85. The van der Waals surface area contributed by atoms with Gasteiger partial charge in [0, 0.05) is 39.3 Å². The lowest BCUT2D eigenvalue weighted by molar-refractivity contribution is -0.120. The number of nitrogens with zero attached hydrogens (tertiary/aromatic N) is 2. The molecule has 0 saturated heterocycles. The topological polar surface area (TPSA) is 85.4 Å². The van der Waals surface area contributed by atoms with Crippen LogP contribution in [0.3, 0.4) is 0 Å². The number of ether oxygens (including phenoxy) is 2. The molecule has 0 bridgehead atoms. The fourth-order valence-electron chi connectivity index (χ4n) is 2.51. The van der Waals surface area contributed by atoms with Crippen LogP contribution in [0.15, 0.2) is 29.4 Å². The van der Waals surface area contributed by atoms with E-state index in [4.69, 9.17) is 9.47 Å². The Balaban J connectivity index is 2.12. The molecule has 1 aromatic heterocycles. The second-order valence-corrected chi connectivity index (χ2v) is 7.11. The molecule has 8 heteroatoms. The minimum Gasteiger partial charge on any atom is -0.385 e. The number of nitrogens with one attached hydrogen (secondary N) is 2. The van der Waals surface area contributed by atoms with Gasteiger partial charge in [0.25, 0.3) is 0 Å². The maximum atomic E-state index is 12.4. The van der Waals surface area contributed by atoms with Crippen LogP contribution in [0.5, 0.6) is 0 Å². The largest absolute Gasteiger partial charge is 0.385 e. The molecule has 1 aromatic carbocycles. The summed E-state index contributed by atoms with van der Waals surface area (Å²) >= 11 is 1.39. The Morgan fingerprint density at radius 1 is 1.15 bits per heavy atom. The molecule has 27 heavy (non-hydrogen) atoms. The first kappa shape index (κ1) is 21.4. The average molecular weight is 393 g/mol. The SMILES string of the molecule is CCC(Sc1nc(NCCOC)c2ccccc2n1)C(=O)NCCCOC. The molecule has 1 heterocycles. The van der Waals surface area contributed by atoms with Crippen LogP contribution in [0.25, 0.3) is 10.9 Å². The van der Waals surface area contributed by atoms with E-state index >= 15 is 0 Å². The van der Waals surface area contributed by atoms with Gasteiger partial charge in [-0.3, -0.25) is 4.79 Å². The van der Waals surface area contributed by atoms with Crippen molar-refractivity contribution in [3.63, 3.8) is 0 Å². The van der Waals surface area contributed by atoms with E-state index in [-0.39, 0.29) is 11.2 Å². The van der Waals surface area contributed by atoms with Crippen molar-refractivity contribution in [3.05, 3.63) is 24.3 Å². The van der Waals surface area contributed by atoms with Gasteiger partial charge in [-0.2, -0.15) is 0 Å². The van der Waals surface area contributed by atoms with Crippen molar-refractivity contribution in [2.24, 2.45) is 0 Å². The molecule has 1 atom stereocenters. The first-order chi connectivity index (χ1) is 13.2. The van der Waals surface area contributed by atoms with Gasteiger partial charge in [-0.15, -0.1) is 0 Å². The number of fused-ring (bicyclic) bond motifs is 1.